The van der Waals surface area contributed by atoms with E-state index in [0.717, 1.165) is 6.04 Å². The van der Waals surface area contributed by atoms with Crippen LogP contribution in [-0.4, -0.2) is 18.6 Å². The highest BCUT2D eigenvalue weighted by Crippen LogP contribution is 2.16. The first-order chi connectivity index (χ1) is 6.33. The largest absolute Gasteiger partial charge is 0.328 e. The fourth-order valence-corrected chi connectivity index (χ4v) is 2.00. The first-order valence-electron chi connectivity index (χ1n) is 5.82. The van der Waals surface area contributed by atoms with Crippen LogP contribution in [0.15, 0.2) is 0 Å². The van der Waals surface area contributed by atoms with Crippen LogP contribution in [0.4, 0.5) is 0 Å². The Kier molecular flexibility index (Phi) is 5.40. The van der Waals surface area contributed by atoms with Crippen LogP contribution in [0.1, 0.15) is 51.9 Å². The fraction of sp³-hybridized carbons (Fsp3) is 1.00. The predicted molar refractivity (Wildman–Crippen MR) is 57.8 cm³/mol. The maximum Gasteiger partial charge on any atom is 0.00682 e. The molecule has 2 heteroatoms. The number of nitrogens with two attached hydrogens (primary N) is 1. The Bertz CT molecular complexity index is 117. The Morgan fingerprint density at radius 3 is 2.46 bits per heavy atom. The highest BCUT2D eigenvalue weighted by Gasteiger charge is 2.17. The molecule has 0 aliphatic heterocycles. The van der Waals surface area contributed by atoms with Crippen LogP contribution in [0, 0.1) is 0 Å². The van der Waals surface area contributed by atoms with Gasteiger partial charge in [0.25, 0.3) is 0 Å². The molecule has 0 unspecified atom stereocenters. The van der Waals surface area contributed by atoms with Gasteiger partial charge in [-0.3, -0.25) is 0 Å². The fourth-order valence-electron chi connectivity index (χ4n) is 2.00. The minimum Gasteiger partial charge on any atom is -0.328 e. The molecule has 3 N–H and O–H groups in total. The van der Waals surface area contributed by atoms with Gasteiger partial charge in [0.2, 0.25) is 0 Å². The Morgan fingerprint density at radius 2 is 1.85 bits per heavy atom. The zero-order chi connectivity index (χ0) is 9.52. The first kappa shape index (κ1) is 11.0. The van der Waals surface area contributed by atoms with Crippen molar-refractivity contribution in [2.75, 3.05) is 6.54 Å². The maximum absolute atomic E-state index is 5.85. The Balaban J connectivity index is 1.96. The highest BCUT2D eigenvalue weighted by atomic mass is 14.9. The summed E-state index contributed by atoms with van der Waals surface area (Å²) >= 11 is 0. The lowest BCUT2D eigenvalue weighted by atomic mass is 9.92. The molecule has 1 saturated carbocycles. The van der Waals surface area contributed by atoms with Gasteiger partial charge in [0.05, 0.1) is 0 Å². The van der Waals surface area contributed by atoms with E-state index in [0.29, 0.717) is 6.04 Å². The smallest absolute Gasteiger partial charge is 0.00682 e. The molecule has 0 bridgehead atoms. The van der Waals surface area contributed by atoms with Crippen molar-refractivity contribution >= 4 is 0 Å². The van der Waals surface area contributed by atoms with Crippen LogP contribution in [-0.2, 0) is 0 Å². The van der Waals surface area contributed by atoms with E-state index in [-0.39, 0.29) is 0 Å². The summed E-state index contributed by atoms with van der Waals surface area (Å²) in [4.78, 5) is 0. The van der Waals surface area contributed by atoms with E-state index in [2.05, 4.69) is 12.2 Å². The van der Waals surface area contributed by atoms with E-state index in [4.69, 9.17) is 5.73 Å². The molecule has 0 atom stereocenters. The lowest BCUT2D eigenvalue weighted by Gasteiger charge is -2.26. The van der Waals surface area contributed by atoms with Crippen LogP contribution in [0.25, 0.3) is 0 Å². The van der Waals surface area contributed by atoms with Gasteiger partial charge in [0.1, 0.15) is 0 Å². The molecule has 1 aliphatic rings. The second kappa shape index (κ2) is 6.39. The van der Waals surface area contributed by atoms with E-state index >= 15 is 0 Å². The summed E-state index contributed by atoms with van der Waals surface area (Å²) in [5, 5.41) is 3.62. The van der Waals surface area contributed by atoms with Gasteiger partial charge < -0.3 is 11.1 Å². The van der Waals surface area contributed by atoms with Crippen molar-refractivity contribution in [2.24, 2.45) is 5.73 Å². The maximum atomic E-state index is 5.85. The number of hydrogen-bond donors (Lipinski definition) is 2. The number of unbranched alkanes of at least 4 members (excludes halogenated alkanes) is 2. The van der Waals surface area contributed by atoms with Crippen LogP contribution in [0.5, 0.6) is 0 Å². The van der Waals surface area contributed by atoms with E-state index in [1.54, 1.807) is 0 Å². The summed E-state index contributed by atoms with van der Waals surface area (Å²) in [7, 11) is 0. The molecule has 1 aliphatic carbocycles. The Labute approximate surface area is 82.3 Å². The molecule has 0 aromatic rings. The summed E-state index contributed by atoms with van der Waals surface area (Å²) in [6.07, 6.45) is 9.01. The second-order valence-electron chi connectivity index (χ2n) is 4.27. The zero-order valence-electron chi connectivity index (χ0n) is 8.89. The van der Waals surface area contributed by atoms with E-state index in [1.807, 2.05) is 0 Å². The summed E-state index contributed by atoms with van der Waals surface area (Å²) in [6, 6.07) is 1.24. The second-order valence-corrected chi connectivity index (χ2v) is 4.27. The molecular formula is C11H24N2. The predicted octanol–water partition coefficient (Wildman–Crippen LogP) is 2.04. The normalized spacial score (nSPS) is 29.1. The van der Waals surface area contributed by atoms with Crippen molar-refractivity contribution in [1.82, 2.24) is 5.32 Å². The van der Waals surface area contributed by atoms with Gasteiger partial charge in [-0.1, -0.05) is 19.8 Å². The van der Waals surface area contributed by atoms with Gasteiger partial charge in [0, 0.05) is 12.1 Å². The van der Waals surface area contributed by atoms with Crippen molar-refractivity contribution in [2.45, 2.75) is 64.0 Å². The number of rotatable bonds is 5. The molecule has 0 aromatic carbocycles. The summed E-state index contributed by atoms with van der Waals surface area (Å²) < 4.78 is 0. The van der Waals surface area contributed by atoms with Crippen molar-refractivity contribution in [3.05, 3.63) is 0 Å². The average Bonchev–Trinajstić information content (AvgIpc) is 2.15. The third-order valence-electron chi connectivity index (χ3n) is 2.99. The molecule has 13 heavy (non-hydrogen) atoms. The SMILES string of the molecule is CCCCCNC1CCC(N)CC1. The van der Waals surface area contributed by atoms with Crippen molar-refractivity contribution < 1.29 is 0 Å². The molecule has 1 fully saturated rings. The van der Waals surface area contributed by atoms with E-state index < -0.39 is 0 Å². The number of nitrogens with one attached hydrogen (secondary N) is 1. The molecule has 0 aromatic heterocycles. The summed E-state index contributed by atoms with van der Waals surface area (Å²) in [5.41, 5.74) is 5.85. The summed E-state index contributed by atoms with van der Waals surface area (Å²) in [6.45, 7) is 3.45. The molecule has 0 saturated heterocycles. The monoisotopic (exact) mass is 184 g/mol. The van der Waals surface area contributed by atoms with Gasteiger partial charge in [-0.15, -0.1) is 0 Å². The molecule has 0 amide bonds. The Hall–Kier alpha value is -0.0800. The third-order valence-corrected chi connectivity index (χ3v) is 2.99. The average molecular weight is 184 g/mol. The van der Waals surface area contributed by atoms with Crippen LogP contribution >= 0.6 is 0 Å². The van der Waals surface area contributed by atoms with E-state index in [1.165, 1.54) is 51.5 Å². The molecule has 1 rings (SSSR count). The Morgan fingerprint density at radius 1 is 1.15 bits per heavy atom. The minimum atomic E-state index is 0.480. The van der Waals surface area contributed by atoms with Gasteiger partial charge >= 0.3 is 0 Å². The molecule has 0 spiro atoms. The van der Waals surface area contributed by atoms with Crippen LogP contribution in [0.3, 0.4) is 0 Å². The molecule has 0 radical (unpaired) electrons. The van der Waals surface area contributed by atoms with Gasteiger partial charge in [-0.05, 0) is 38.6 Å². The molecule has 78 valence electrons. The van der Waals surface area contributed by atoms with Gasteiger partial charge in [0.15, 0.2) is 0 Å². The van der Waals surface area contributed by atoms with Crippen molar-refractivity contribution in [3.63, 3.8) is 0 Å². The third kappa shape index (κ3) is 4.63. The molecule has 2 nitrogen and oxygen atoms in total. The zero-order valence-corrected chi connectivity index (χ0v) is 8.89. The van der Waals surface area contributed by atoms with Gasteiger partial charge in [-0.2, -0.15) is 0 Å². The van der Waals surface area contributed by atoms with Crippen molar-refractivity contribution in [3.8, 4) is 0 Å². The minimum absolute atomic E-state index is 0.480. The summed E-state index contributed by atoms with van der Waals surface area (Å²) in [5.74, 6) is 0. The van der Waals surface area contributed by atoms with Crippen LogP contribution in [0.2, 0.25) is 0 Å². The highest BCUT2D eigenvalue weighted by molar-refractivity contribution is 4.78. The topological polar surface area (TPSA) is 38.0 Å². The molecule has 0 heterocycles. The molecular weight excluding hydrogens is 160 g/mol. The standard InChI is InChI=1S/C11H24N2/c1-2-3-4-9-13-11-7-5-10(12)6-8-11/h10-11,13H,2-9,12H2,1H3. The van der Waals surface area contributed by atoms with E-state index in [9.17, 15) is 0 Å². The van der Waals surface area contributed by atoms with Crippen molar-refractivity contribution in [1.29, 1.82) is 0 Å². The van der Waals surface area contributed by atoms with Crippen LogP contribution < -0.4 is 11.1 Å². The lowest BCUT2D eigenvalue weighted by Crippen LogP contribution is -2.37. The quantitative estimate of drug-likeness (QED) is 0.642. The van der Waals surface area contributed by atoms with Gasteiger partial charge in [-0.25, -0.2) is 0 Å². The number of hydrogen-bond acceptors (Lipinski definition) is 2. The lowest BCUT2D eigenvalue weighted by molar-refractivity contribution is 0.341. The first-order valence-corrected chi connectivity index (χ1v) is 5.82.